The fraction of sp³-hybridized carbons (Fsp3) is 0.235. The van der Waals surface area contributed by atoms with E-state index in [4.69, 9.17) is 27.2 Å². The Hall–Kier alpha value is -2.92. The molecule has 2 rings (SSSR count). The van der Waals surface area contributed by atoms with Gasteiger partial charge in [0.25, 0.3) is 11.8 Å². The number of ether oxygens (including phenoxy) is 1. The highest BCUT2D eigenvalue weighted by Gasteiger charge is 2.22. The summed E-state index contributed by atoms with van der Waals surface area (Å²) in [6.45, 7) is -0.448. The van der Waals surface area contributed by atoms with E-state index in [1.54, 1.807) is 30.3 Å². The first-order valence-electron chi connectivity index (χ1n) is 7.96. The van der Waals surface area contributed by atoms with Crippen molar-refractivity contribution in [3.63, 3.8) is 0 Å². The zero-order valence-electron chi connectivity index (χ0n) is 14.3. The number of thioether (sulfide) groups is 1. The predicted molar refractivity (Wildman–Crippen MR) is 105 cm³/mol. The molecule has 0 unspecified atom stereocenters. The van der Waals surface area contributed by atoms with Crippen molar-refractivity contribution in [2.75, 3.05) is 6.61 Å². The van der Waals surface area contributed by atoms with Gasteiger partial charge in [-0.15, -0.1) is 0 Å². The molecule has 0 aliphatic carbocycles. The molecule has 1 heterocycles. The van der Waals surface area contributed by atoms with Crippen LogP contribution in [0.2, 0.25) is 0 Å². The molecule has 9 nitrogen and oxygen atoms in total. The number of carboxylic acids is 2. The number of rotatable bonds is 9. The normalized spacial score (nSPS) is 15.8. The summed E-state index contributed by atoms with van der Waals surface area (Å²) in [7, 11) is 0. The number of benzene rings is 1. The summed E-state index contributed by atoms with van der Waals surface area (Å²) < 4.78 is 5.71. The van der Waals surface area contributed by atoms with Crippen LogP contribution in [0.1, 0.15) is 18.4 Å². The van der Waals surface area contributed by atoms with E-state index in [2.05, 4.69) is 10.6 Å². The predicted octanol–water partition coefficient (Wildman–Crippen LogP) is 0.988. The van der Waals surface area contributed by atoms with E-state index in [1.165, 1.54) is 0 Å². The smallest absolute Gasteiger partial charge is 0.326 e. The van der Waals surface area contributed by atoms with Gasteiger partial charge in [0.1, 0.15) is 16.1 Å². The van der Waals surface area contributed by atoms with Crippen molar-refractivity contribution in [3.8, 4) is 5.75 Å². The van der Waals surface area contributed by atoms with Gasteiger partial charge in [-0.05, 0) is 30.2 Å². The molecule has 2 amide bonds. The highest BCUT2D eigenvalue weighted by Crippen LogP contribution is 2.26. The lowest BCUT2D eigenvalue weighted by atomic mass is 10.1. The van der Waals surface area contributed by atoms with Crippen LogP contribution in [0.4, 0.5) is 0 Å². The minimum absolute atomic E-state index is 0.235. The van der Waals surface area contributed by atoms with E-state index in [-0.39, 0.29) is 18.7 Å². The average molecular weight is 424 g/mol. The molecule has 1 aromatic carbocycles. The fourth-order valence-corrected chi connectivity index (χ4v) is 3.22. The van der Waals surface area contributed by atoms with E-state index in [1.807, 2.05) is 0 Å². The average Bonchev–Trinajstić information content (AvgIpc) is 2.93. The maximum Gasteiger partial charge on any atom is 0.326 e. The second kappa shape index (κ2) is 9.85. The third kappa shape index (κ3) is 6.67. The molecule has 0 saturated carbocycles. The first-order chi connectivity index (χ1) is 13.2. The number of hydrogen-bond donors (Lipinski definition) is 4. The Kier molecular flexibility index (Phi) is 7.52. The molecule has 0 bridgehead atoms. The Morgan fingerprint density at radius 3 is 2.68 bits per heavy atom. The van der Waals surface area contributed by atoms with E-state index in [0.29, 0.717) is 20.5 Å². The molecule has 0 radical (unpaired) electrons. The number of nitrogens with one attached hydrogen (secondary N) is 2. The van der Waals surface area contributed by atoms with Crippen LogP contribution in [0.25, 0.3) is 6.08 Å². The largest absolute Gasteiger partial charge is 0.484 e. The first kappa shape index (κ1) is 21.4. The van der Waals surface area contributed by atoms with Gasteiger partial charge in [0.2, 0.25) is 0 Å². The van der Waals surface area contributed by atoms with Crippen LogP contribution in [0.15, 0.2) is 29.2 Å². The van der Waals surface area contributed by atoms with Crippen molar-refractivity contribution in [2.45, 2.75) is 18.9 Å². The topological polar surface area (TPSA) is 142 Å². The highest BCUT2D eigenvalue weighted by molar-refractivity contribution is 8.26. The summed E-state index contributed by atoms with van der Waals surface area (Å²) in [6.07, 6.45) is 1.00. The summed E-state index contributed by atoms with van der Waals surface area (Å²) in [4.78, 5) is 45.6. The van der Waals surface area contributed by atoms with Gasteiger partial charge in [0, 0.05) is 6.42 Å². The van der Waals surface area contributed by atoms with Crippen LogP contribution in [0.3, 0.4) is 0 Å². The molecule has 4 N–H and O–H groups in total. The maximum atomic E-state index is 11.9. The number of carbonyl (C=O) groups is 4. The van der Waals surface area contributed by atoms with Crippen LogP contribution in [0.5, 0.6) is 5.75 Å². The third-order valence-corrected chi connectivity index (χ3v) is 4.61. The molecule has 1 aliphatic rings. The van der Waals surface area contributed by atoms with Crippen LogP contribution in [0, 0.1) is 0 Å². The molecule has 11 heteroatoms. The van der Waals surface area contributed by atoms with Gasteiger partial charge in [-0.3, -0.25) is 14.4 Å². The van der Waals surface area contributed by atoms with Gasteiger partial charge in [-0.1, -0.05) is 36.1 Å². The maximum absolute atomic E-state index is 11.9. The van der Waals surface area contributed by atoms with Crippen LogP contribution in [-0.2, 0) is 19.2 Å². The molecule has 0 aromatic heterocycles. The Morgan fingerprint density at radius 2 is 2.07 bits per heavy atom. The number of thiocarbonyl (C=S) groups is 1. The molecule has 1 saturated heterocycles. The van der Waals surface area contributed by atoms with Crippen LogP contribution >= 0.6 is 24.0 Å². The second-order valence-electron chi connectivity index (χ2n) is 5.60. The third-order valence-electron chi connectivity index (χ3n) is 3.45. The lowest BCUT2D eigenvalue weighted by Gasteiger charge is -2.14. The lowest BCUT2D eigenvalue weighted by Crippen LogP contribution is -2.43. The summed E-state index contributed by atoms with van der Waals surface area (Å²) >= 11 is 6.06. The molecule has 1 fully saturated rings. The summed E-state index contributed by atoms with van der Waals surface area (Å²) in [5, 5.41) is 22.4. The second-order valence-corrected chi connectivity index (χ2v) is 7.32. The van der Waals surface area contributed by atoms with Crippen molar-refractivity contribution in [3.05, 3.63) is 34.7 Å². The van der Waals surface area contributed by atoms with Gasteiger partial charge >= 0.3 is 11.9 Å². The molecule has 1 aromatic rings. The Labute approximate surface area is 169 Å². The highest BCUT2D eigenvalue weighted by atomic mass is 32.2. The number of carboxylic acid groups (broad SMARTS) is 2. The molecular weight excluding hydrogens is 408 g/mol. The van der Waals surface area contributed by atoms with Crippen molar-refractivity contribution < 1.29 is 34.1 Å². The van der Waals surface area contributed by atoms with Crippen LogP contribution < -0.4 is 15.4 Å². The Balaban J connectivity index is 1.93. The van der Waals surface area contributed by atoms with Crippen molar-refractivity contribution in [1.82, 2.24) is 10.6 Å². The van der Waals surface area contributed by atoms with Crippen molar-refractivity contribution in [2.24, 2.45) is 0 Å². The summed E-state index contributed by atoms with van der Waals surface area (Å²) in [5.41, 5.74) is 0.658. The van der Waals surface area contributed by atoms with Crippen molar-refractivity contribution in [1.29, 1.82) is 0 Å². The quantitative estimate of drug-likeness (QED) is 0.337. The summed E-state index contributed by atoms with van der Waals surface area (Å²) in [5.74, 6) is -3.13. The molecule has 0 spiro atoms. The minimum atomic E-state index is -1.33. The molecule has 28 heavy (non-hydrogen) atoms. The van der Waals surface area contributed by atoms with Crippen molar-refractivity contribution >= 4 is 58.1 Å². The van der Waals surface area contributed by atoms with Gasteiger partial charge < -0.3 is 25.6 Å². The summed E-state index contributed by atoms with van der Waals surface area (Å²) in [6, 6.07) is 5.30. The number of amides is 2. The SMILES string of the molecule is O=C(O)CC[C@@H](NC(=O)COc1cccc(/C=C2\SC(=S)NC2=O)c1)C(=O)O. The fourth-order valence-electron chi connectivity index (χ4n) is 2.18. The Morgan fingerprint density at radius 1 is 1.32 bits per heavy atom. The van der Waals surface area contributed by atoms with E-state index in [0.717, 1.165) is 11.8 Å². The monoisotopic (exact) mass is 424 g/mol. The molecule has 148 valence electrons. The van der Waals surface area contributed by atoms with E-state index >= 15 is 0 Å². The van der Waals surface area contributed by atoms with Gasteiger partial charge in [0.05, 0.1) is 4.91 Å². The first-order valence-corrected chi connectivity index (χ1v) is 9.19. The zero-order valence-corrected chi connectivity index (χ0v) is 16.0. The lowest BCUT2D eigenvalue weighted by molar-refractivity contribution is -0.143. The standard InChI is InChI=1S/C17H16N2O7S2/c20-13(18-11(16(24)25)4-5-14(21)22)8-26-10-3-1-2-9(6-10)7-12-15(23)19-17(27)28-12/h1-3,6-7,11H,4-5,8H2,(H,18,20)(H,21,22)(H,24,25)(H,19,23,27)/b12-7-/t11-/m1/s1. The van der Waals surface area contributed by atoms with Crippen LogP contribution in [-0.4, -0.2) is 50.9 Å². The number of carbonyl (C=O) groups excluding carboxylic acids is 2. The van der Waals surface area contributed by atoms with Gasteiger partial charge in [-0.25, -0.2) is 4.79 Å². The zero-order chi connectivity index (χ0) is 20.7. The number of aliphatic carboxylic acids is 2. The Bertz CT molecular complexity index is 854. The molecular formula is C17H16N2O7S2. The van der Waals surface area contributed by atoms with E-state index in [9.17, 15) is 19.2 Å². The molecule has 1 aliphatic heterocycles. The number of hydrogen-bond acceptors (Lipinski definition) is 7. The van der Waals surface area contributed by atoms with E-state index < -0.39 is 30.5 Å². The molecule has 1 atom stereocenters. The minimum Gasteiger partial charge on any atom is -0.484 e. The van der Waals surface area contributed by atoms with Gasteiger partial charge in [-0.2, -0.15) is 0 Å². The van der Waals surface area contributed by atoms with Gasteiger partial charge in [0.15, 0.2) is 6.61 Å².